The smallest absolute Gasteiger partial charge is 0.326 e. The van der Waals surface area contributed by atoms with E-state index >= 15 is 0 Å². The van der Waals surface area contributed by atoms with Crippen molar-refractivity contribution in [2.24, 2.45) is 35.1 Å². The molecular weight excluding hydrogens is 1100 g/mol. The molecule has 3 amide bonds. The number of carboxylic acids is 1. The minimum atomic E-state index is -3.85. The lowest BCUT2D eigenvalue weighted by Crippen LogP contribution is -2.37. The van der Waals surface area contributed by atoms with Gasteiger partial charge in [0.15, 0.2) is 5.78 Å². The molecule has 1 unspecified atom stereocenters. The maximum absolute atomic E-state index is 13.7. The van der Waals surface area contributed by atoms with Crippen LogP contribution in [-0.4, -0.2) is 148 Å². The molecule has 0 radical (unpaired) electrons. The SMILES string of the molecule is C=C(CCCCCCCCCCCCCCCS(=O)(=O)O)N[C@@H](CCC(=O)NCCOCCOCC(=O)CCCOCCOCC(=O)NCCCC[C@H](C)C(=O)C(C)[C@@H](CCCCC(=N)N)C(=O)C[C@@H](Cc1ccc(O)cc1)C(N)=O)C(=O)O.[HH]. The van der Waals surface area contributed by atoms with E-state index in [1.807, 2.05) is 6.92 Å². The molecule has 0 heterocycles. The third-order valence-electron chi connectivity index (χ3n) is 14.6. The molecule has 0 saturated carbocycles. The number of carbonyl (C=O) groups excluding carboxylic acids is 6. The van der Waals surface area contributed by atoms with Gasteiger partial charge in [0.1, 0.15) is 36.6 Å². The first-order chi connectivity index (χ1) is 40.1. The number of phenols is 1. The maximum atomic E-state index is 13.7. The van der Waals surface area contributed by atoms with E-state index in [1.54, 1.807) is 19.1 Å². The number of phenolic OH excluding ortho intramolecular Hbond substituents is 1. The molecule has 0 aliphatic rings. The van der Waals surface area contributed by atoms with Gasteiger partial charge in [-0.2, -0.15) is 8.42 Å². The number of carbonyl (C=O) groups is 7. The summed E-state index contributed by atoms with van der Waals surface area (Å²) in [5.74, 6) is -4.98. The van der Waals surface area contributed by atoms with Gasteiger partial charge in [0.05, 0.1) is 44.6 Å². The van der Waals surface area contributed by atoms with Crippen LogP contribution in [0.4, 0.5) is 0 Å². The lowest BCUT2D eigenvalue weighted by atomic mass is 9.76. The second-order valence-electron chi connectivity index (χ2n) is 22.1. The fraction of sp³-hybridized carbons (Fsp3) is 0.738. The molecule has 1 aromatic rings. The zero-order valence-electron chi connectivity index (χ0n) is 50.5. The summed E-state index contributed by atoms with van der Waals surface area (Å²) in [6, 6.07) is 5.42. The Morgan fingerprint density at radius 3 is 1.77 bits per heavy atom. The van der Waals surface area contributed by atoms with Gasteiger partial charge in [-0.3, -0.25) is 38.7 Å². The van der Waals surface area contributed by atoms with Crippen LogP contribution in [0.15, 0.2) is 36.5 Å². The molecule has 0 saturated heterocycles. The highest BCUT2D eigenvalue weighted by molar-refractivity contribution is 7.85. The summed E-state index contributed by atoms with van der Waals surface area (Å²) >= 11 is 0. The number of Topliss-reactive ketones (excluding diaryl/α,β-unsaturated/α-hetero) is 3. The van der Waals surface area contributed by atoms with E-state index in [0.717, 1.165) is 56.9 Å². The fourth-order valence-corrected chi connectivity index (χ4v) is 10.2. The number of ketones is 3. The maximum Gasteiger partial charge on any atom is 0.326 e. The Bertz CT molecular complexity index is 2190. The minimum absolute atomic E-state index is 0. The Balaban J connectivity index is 0.0000706. The number of ether oxygens (including phenoxy) is 4. The van der Waals surface area contributed by atoms with Crippen LogP contribution in [0.25, 0.3) is 0 Å². The fourth-order valence-electron chi connectivity index (χ4n) is 9.60. The number of hydrogen-bond acceptors (Lipinski definition) is 16. The van der Waals surface area contributed by atoms with E-state index in [0.29, 0.717) is 83.1 Å². The summed E-state index contributed by atoms with van der Waals surface area (Å²) in [7, 11) is -3.85. The summed E-state index contributed by atoms with van der Waals surface area (Å²) in [6.07, 6.45) is 18.9. The van der Waals surface area contributed by atoms with Crippen molar-refractivity contribution >= 4 is 57.0 Å². The molecule has 23 heteroatoms. The number of rotatable bonds is 58. The molecule has 5 atom stereocenters. The number of amides is 3. The molecule has 0 bridgehead atoms. The first-order valence-electron chi connectivity index (χ1n) is 30.5. The summed E-state index contributed by atoms with van der Waals surface area (Å²) < 4.78 is 52.0. The van der Waals surface area contributed by atoms with Gasteiger partial charge in [-0.05, 0) is 81.9 Å². The topological polar surface area (TPSA) is 363 Å². The highest BCUT2D eigenvalue weighted by Crippen LogP contribution is 2.29. The average molecular weight is 1210 g/mol. The van der Waals surface area contributed by atoms with Gasteiger partial charge in [-0.25, -0.2) is 4.79 Å². The molecule has 0 aliphatic carbocycles. The van der Waals surface area contributed by atoms with Gasteiger partial charge in [0.2, 0.25) is 17.7 Å². The molecule has 1 aromatic carbocycles. The highest BCUT2D eigenvalue weighted by atomic mass is 32.2. The normalized spacial score (nSPS) is 13.3. The summed E-state index contributed by atoms with van der Waals surface area (Å²) in [5, 5.41) is 35.3. The van der Waals surface area contributed by atoms with E-state index in [9.17, 15) is 52.2 Å². The molecule has 0 aliphatic heterocycles. The number of primary amides is 1. The molecular formula is C61H106N6O16S. The number of nitrogens with two attached hydrogens (primary N) is 2. The van der Waals surface area contributed by atoms with Gasteiger partial charge < -0.3 is 56.6 Å². The van der Waals surface area contributed by atoms with E-state index < -0.39 is 45.8 Å². The molecule has 22 nitrogen and oxygen atoms in total. The zero-order chi connectivity index (χ0) is 62.4. The van der Waals surface area contributed by atoms with Crippen LogP contribution in [0.1, 0.15) is 188 Å². The quantitative estimate of drug-likeness (QED) is 0.0130. The number of allylic oxidation sites excluding steroid dienone is 1. The average Bonchev–Trinajstić information content (AvgIpc) is 3.47. The van der Waals surface area contributed by atoms with Crippen molar-refractivity contribution in [3.05, 3.63) is 42.1 Å². The number of benzene rings is 1. The first-order valence-corrected chi connectivity index (χ1v) is 32.1. The molecule has 1 rings (SSSR count). The number of aliphatic carboxylic acids is 1. The Labute approximate surface area is 501 Å². The number of carboxylic acid groups (broad SMARTS) is 1. The number of aromatic hydroxyl groups is 1. The van der Waals surface area contributed by atoms with E-state index in [-0.39, 0.29) is 139 Å². The van der Waals surface area contributed by atoms with E-state index in [2.05, 4.69) is 22.5 Å². The minimum Gasteiger partial charge on any atom is -0.508 e. The number of hydrogen-bond donors (Lipinski definition) is 9. The van der Waals surface area contributed by atoms with Crippen LogP contribution < -0.4 is 27.4 Å². The van der Waals surface area contributed by atoms with Crippen LogP contribution in [0, 0.1) is 29.1 Å². The van der Waals surface area contributed by atoms with Crippen molar-refractivity contribution in [3.8, 4) is 5.75 Å². The number of amidine groups is 1. The van der Waals surface area contributed by atoms with Crippen LogP contribution in [0.2, 0.25) is 0 Å². The van der Waals surface area contributed by atoms with Gasteiger partial charge >= 0.3 is 5.97 Å². The molecule has 0 fully saturated rings. The zero-order valence-corrected chi connectivity index (χ0v) is 51.3. The lowest BCUT2D eigenvalue weighted by Gasteiger charge is -2.26. The molecule has 84 heavy (non-hydrogen) atoms. The van der Waals surface area contributed by atoms with Gasteiger partial charge in [0.25, 0.3) is 10.1 Å². The largest absolute Gasteiger partial charge is 0.508 e. The summed E-state index contributed by atoms with van der Waals surface area (Å²) in [6.45, 7) is 9.39. The number of unbranched alkanes of at least 4 members (excludes halogenated alkanes) is 14. The van der Waals surface area contributed by atoms with E-state index in [1.165, 1.54) is 37.8 Å². The van der Waals surface area contributed by atoms with Crippen LogP contribution in [0.5, 0.6) is 5.75 Å². The highest BCUT2D eigenvalue weighted by Gasteiger charge is 2.34. The molecule has 0 spiro atoms. The Kier molecular flexibility index (Phi) is 43.7. The van der Waals surface area contributed by atoms with Crippen molar-refractivity contribution in [1.29, 1.82) is 5.41 Å². The van der Waals surface area contributed by atoms with Crippen molar-refractivity contribution < 1.29 is 77.1 Å². The van der Waals surface area contributed by atoms with Crippen molar-refractivity contribution in [2.45, 2.75) is 193 Å². The molecule has 0 aromatic heterocycles. The Hall–Kier alpha value is -5.33. The van der Waals surface area contributed by atoms with Crippen LogP contribution >= 0.6 is 0 Å². The van der Waals surface area contributed by atoms with Gasteiger partial charge in [0, 0.05) is 76.2 Å². The predicted molar refractivity (Wildman–Crippen MR) is 325 cm³/mol. The molecule has 482 valence electrons. The second-order valence-corrected chi connectivity index (χ2v) is 23.7. The third kappa shape index (κ3) is 42.5. The van der Waals surface area contributed by atoms with Crippen molar-refractivity contribution in [3.63, 3.8) is 0 Å². The lowest BCUT2D eigenvalue weighted by molar-refractivity contribution is -0.139. The van der Waals surface area contributed by atoms with Crippen LogP contribution in [-0.2, 0) is 69.0 Å². The van der Waals surface area contributed by atoms with E-state index in [4.69, 9.17) is 40.4 Å². The first kappa shape index (κ1) is 76.7. The Morgan fingerprint density at radius 2 is 1.18 bits per heavy atom. The van der Waals surface area contributed by atoms with Crippen molar-refractivity contribution in [2.75, 3.05) is 71.7 Å². The van der Waals surface area contributed by atoms with Crippen LogP contribution in [0.3, 0.4) is 0 Å². The molecule has 11 N–H and O–H groups in total. The van der Waals surface area contributed by atoms with Crippen molar-refractivity contribution in [1.82, 2.24) is 16.0 Å². The number of nitrogens with one attached hydrogen (secondary N) is 4. The second kappa shape index (κ2) is 47.9. The third-order valence-corrected chi connectivity index (χ3v) is 15.4. The van der Waals surface area contributed by atoms with Gasteiger partial charge in [-0.1, -0.05) is 116 Å². The predicted octanol–water partition coefficient (Wildman–Crippen LogP) is 7.70. The monoisotopic (exact) mass is 1210 g/mol. The summed E-state index contributed by atoms with van der Waals surface area (Å²) in [5.41, 5.74) is 12.6. The summed E-state index contributed by atoms with van der Waals surface area (Å²) in [4.78, 5) is 88.5. The van der Waals surface area contributed by atoms with Gasteiger partial charge in [-0.15, -0.1) is 0 Å². The standard InChI is InChI=1S/C61H104N6O16S.H2/c1-46(59(73)48(3)53(25-16-17-26-56(62)63)55(70)43-50(60(64)74)42-49-27-29-51(68)30-28-49)22-18-19-33-65-58(72)45-83-40-37-80-35-21-24-52(69)44-82-39-38-81-36-34-66-57(71)32-31-54(61(75)76)67-47(2)23-15-13-11-9-7-5-4-6-8-10-12-14-20-41-84(77,78)79;/h27-30,46,48,50,53-54,67-68H,2,4-26,31-45H2,1,3H3,(H3,62,63)(H2,64,74)(H,65,72)(H,66,71)(H,75,76)(H,77,78,79);1H/t46-,48?,50+,53+,54-;/m0./s1. The Morgan fingerprint density at radius 1 is 0.631 bits per heavy atom.